The number of aromatic nitrogens is 2. The van der Waals surface area contributed by atoms with Gasteiger partial charge in [-0.1, -0.05) is 0 Å². The number of piperazine rings is 1. The number of carbonyl (C=O) groups is 1. The molecular formula is C16H20ClN5O2. The highest BCUT2D eigenvalue weighted by Crippen LogP contribution is 2.15. The number of aromatic amines is 1. The molecule has 0 aromatic carbocycles. The van der Waals surface area contributed by atoms with Gasteiger partial charge in [0.25, 0.3) is 11.5 Å². The highest BCUT2D eigenvalue weighted by Gasteiger charge is 2.13. The van der Waals surface area contributed by atoms with E-state index in [1.807, 2.05) is 6.07 Å². The van der Waals surface area contributed by atoms with Crippen LogP contribution in [0.25, 0.3) is 0 Å². The van der Waals surface area contributed by atoms with Crippen molar-refractivity contribution >= 4 is 29.8 Å². The zero-order valence-electron chi connectivity index (χ0n) is 13.3. The van der Waals surface area contributed by atoms with E-state index in [2.05, 4.69) is 25.5 Å². The third kappa shape index (κ3) is 4.12. The molecule has 0 atom stereocenters. The third-order valence-electron chi connectivity index (χ3n) is 3.77. The summed E-state index contributed by atoms with van der Waals surface area (Å²) in [7, 11) is 0. The number of H-pyrrole nitrogens is 1. The Morgan fingerprint density at radius 1 is 1.21 bits per heavy atom. The van der Waals surface area contributed by atoms with Gasteiger partial charge in [0.05, 0.1) is 11.9 Å². The number of rotatable bonds is 3. The van der Waals surface area contributed by atoms with Crippen molar-refractivity contribution in [2.45, 2.75) is 6.92 Å². The van der Waals surface area contributed by atoms with Gasteiger partial charge in [0.15, 0.2) is 0 Å². The molecule has 1 saturated heterocycles. The van der Waals surface area contributed by atoms with Crippen LogP contribution in [-0.4, -0.2) is 42.1 Å². The lowest BCUT2D eigenvalue weighted by Gasteiger charge is -2.29. The van der Waals surface area contributed by atoms with E-state index >= 15 is 0 Å². The summed E-state index contributed by atoms with van der Waals surface area (Å²) in [5.74, 6) is -0.0393. The molecule has 0 spiro atoms. The fraction of sp³-hybridized carbons (Fsp3) is 0.312. The molecule has 128 valence electrons. The maximum absolute atomic E-state index is 12.1. The van der Waals surface area contributed by atoms with Crippen LogP contribution in [0.4, 0.5) is 11.5 Å². The van der Waals surface area contributed by atoms with E-state index in [0.717, 1.165) is 31.9 Å². The Bertz CT molecular complexity index is 754. The smallest absolute Gasteiger partial charge is 0.262 e. The minimum absolute atomic E-state index is 0. The summed E-state index contributed by atoms with van der Waals surface area (Å²) in [6, 6.07) is 6.88. The Kier molecular flexibility index (Phi) is 5.94. The van der Waals surface area contributed by atoms with Gasteiger partial charge in [-0.3, -0.25) is 9.59 Å². The van der Waals surface area contributed by atoms with Crippen LogP contribution in [0.5, 0.6) is 0 Å². The largest absolute Gasteiger partial charge is 0.368 e. The minimum atomic E-state index is -0.464. The number of nitrogens with zero attached hydrogens (tertiary/aromatic N) is 2. The number of pyridine rings is 2. The van der Waals surface area contributed by atoms with E-state index in [0.29, 0.717) is 11.5 Å². The van der Waals surface area contributed by atoms with Crippen molar-refractivity contribution in [2.24, 2.45) is 0 Å². The average molecular weight is 350 g/mol. The zero-order chi connectivity index (χ0) is 16.2. The first kappa shape index (κ1) is 18.0. The van der Waals surface area contributed by atoms with Gasteiger partial charge in [-0.05, 0) is 31.2 Å². The van der Waals surface area contributed by atoms with Gasteiger partial charge in [-0.15, -0.1) is 12.4 Å². The van der Waals surface area contributed by atoms with Crippen LogP contribution in [0.15, 0.2) is 35.3 Å². The van der Waals surface area contributed by atoms with E-state index in [4.69, 9.17) is 0 Å². The molecule has 2 aromatic heterocycles. The molecule has 3 heterocycles. The van der Waals surface area contributed by atoms with Crippen LogP contribution >= 0.6 is 12.4 Å². The Morgan fingerprint density at radius 3 is 2.58 bits per heavy atom. The Morgan fingerprint density at radius 2 is 1.96 bits per heavy atom. The van der Waals surface area contributed by atoms with E-state index < -0.39 is 11.5 Å². The van der Waals surface area contributed by atoms with Crippen LogP contribution in [0.1, 0.15) is 16.1 Å². The monoisotopic (exact) mass is 349 g/mol. The van der Waals surface area contributed by atoms with Crippen LogP contribution in [0.3, 0.4) is 0 Å². The SMILES string of the molecule is Cc1ccc(C(=O)Nc2ccc(N3CCNCC3)cn2)c(=O)[nH]1.Cl. The highest BCUT2D eigenvalue weighted by atomic mass is 35.5. The van der Waals surface area contributed by atoms with Gasteiger partial charge in [0, 0.05) is 31.9 Å². The summed E-state index contributed by atoms with van der Waals surface area (Å²) >= 11 is 0. The Balaban J connectivity index is 0.00000208. The molecule has 8 heteroatoms. The fourth-order valence-corrected chi connectivity index (χ4v) is 2.50. The molecule has 24 heavy (non-hydrogen) atoms. The number of halogens is 1. The standard InChI is InChI=1S/C16H19N5O2.ClH/c1-11-2-4-13(15(22)19-11)16(23)20-14-5-3-12(10-18-14)21-8-6-17-7-9-21;/h2-5,10,17H,6-9H2,1H3,(H,19,22)(H,18,20,23);1H. The summed E-state index contributed by atoms with van der Waals surface area (Å²) in [4.78, 5) is 33.0. The van der Waals surface area contributed by atoms with Crippen molar-refractivity contribution in [3.05, 3.63) is 52.1 Å². The number of carbonyl (C=O) groups excluding carboxylic acids is 1. The number of anilines is 2. The molecule has 0 aliphatic carbocycles. The third-order valence-corrected chi connectivity index (χ3v) is 3.77. The molecule has 3 N–H and O–H groups in total. The number of amides is 1. The minimum Gasteiger partial charge on any atom is -0.368 e. The van der Waals surface area contributed by atoms with Gasteiger partial charge in [-0.25, -0.2) is 4.98 Å². The molecule has 0 saturated carbocycles. The summed E-state index contributed by atoms with van der Waals surface area (Å²) in [5.41, 5.74) is 1.41. The van der Waals surface area contributed by atoms with Gasteiger partial charge in [-0.2, -0.15) is 0 Å². The van der Waals surface area contributed by atoms with Crippen molar-refractivity contribution in [1.29, 1.82) is 0 Å². The van der Waals surface area contributed by atoms with Crippen LogP contribution in [-0.2, 0) is 0 Å². The van der Waals surface area contributed by atoms with Crippen molar-refractivity contribution in [2.75, 3.05) is 36.4 Å². The number of nitrogens with one attached hydrogen (secondary N) is 3. The second-order valence-electron chi connectivity index (χ2n) is 5.48. The average Bonchev–Trinajstić information content (AvgIpc) is 2.56. The summed E-state index contributed by atoms with van der Waals surface area (Å²) in [6.07, 6.45) is 1.74. The van der Waals surface area contributed by atoms with Crippen LogP contribution < -0.4 is 21.1 Å². The maximum Gasteiger partial charge on any atom is 0.262 e. The van der Waals surface area contributed by atoms with Gasteiger partial charge >= 0.3 is 0 Å². The fourth-order valence-electron chi connectivity index (χ4n) is 2.50. The molecule has 7 nitrogen and oxygen atoms in total. The van der Waals surface area contributed by atoms with Crippen molar-refractivity contribution in [1.82, 2.24) is 15.3 Å². The lowest BCUT2D eigenvalue weighted by molar-refractivity contribution is 0.102. The van der Waals surface area contributed by atoms with Crippen LogP contribution in [0, 0.1) is 6.92 Å². The normalized spacial score (nSPS) is 14.0. The molecule has 0 bridgehead atoms. The van der Waals surface area contributed by atoms with Gasteiger partial charge in [0.1, 0.15) is 11.4 Å². The number of hydrogen-bond acceptors (Lipinski definition) is 5. The molecular weight excluding hydrogens is 330 g/mol. The van der Waals surface area contributed by atoms with Crippen molar-refractivity contribution < 1.29 is 4.79 Å². The lowest BCUT2D eigenvalue weighted by atomic mass is 10.2. The molecule has 0 unspecified atom stereocenters. The van der Waals surface area contributed by atoms with Crippen molar-refractivity contribution in [3.63, 3.8) is 0 Å². The predicted octanol–water partition coefficient (Wildman–Crippen LogP) is 1.16. The first-order chi connectivity index (χ1) is 11.1. The van der Waals surface area contributed by atoms with Gasteiger partial charge < -0.3 is 20.5 Å². The molecule has 1 fully saturated rings. The van der Waals surface area contributed by atoms with E-state index in [1.54, 1.807) is 25.3 Å². The predicted molar refractivity (Wildman–Crippen MR) is 96.3 cm³/mol. The molecule has 3 rings (SSSR count). The molecule has 2 aromatic rings. The molecule has 1 aliphatic rings. The Labute approximate surface area is 145 Å². The van der Waals surface area contributed by atoms with Crippen LogP contribution in [0.2, 0.25) is 0 Å². The van der Waals surface area contributed by atoms with Crippen molar-refractivity contribution in [3.8, 4) is 0 Å². The molecule has 0 radical (unpaired) electrons. The zero-order valence-corrected chi connectivity index (χ0v) is 14.2. The first-order valence-corrected chi connectivity index (χ1v) is 7.56. The second kappa shape index (κ2) is 7.94. The van der Waals surface area contributed by atoms with E-state index in [9.17, 15) is 9.59 Å². The summed E-state index contributed by atoms with van der Waals surface area (Å²) in [6.45, 7) is 5.54. The number of hydrogen-bond donors (Lipinski definition) is 3. The topological polar surface area (TPSA) is 90.1 Å². The van der Waals surface area contributed by atoms with E-state index in [-0.39, 0.29) is 18.0 Å². The summed E-state index contributed by atoms with van der Waals surface area (Å²) in [5, 5.41) is 5.95. The van der Waals surface area contributed by atoms with E-state index in [1.165, 1.54) is 6.07 Å². The molecule has 1 amide bonds. The lowest BCUT2D eigenvalue weighted by Crippen LogP contribution is -2.43. The second-order valence-corrected chi connectivity index (χ2v) is 5.48. The number of aryl methyl sites for hydroxylation is 1. The Hall–Kier alpha value is -2.38. The molecule has 1 aliphatic heterocycles. The first-order valence-electron chi connectivity index (χ1n) is 7.56. The van der Waals surface area contributed by atoms with Gasteiger partial charge in [0.2, 0.25) is 0 Å². The maximum atomic E-state index is 12.1. The summed E-state index contributed by atoms with van der Waals surface area (Å²) < 4.78 is 0. The highest BCUT2D eigenvalue weighted by molar-refractivity contribution is 6.03. The quantitative estimate of drug-likeness (QED) is 0.773.